The molecule has 1 saturated heterocycles. The lowest BCUT2D eigenvalue weighted by Gasteiger charge is -2.29. The quantitative estimate of drug-likeness (QED) is 0.825. The van der Waals surface area contributed by atoms with Crippen molar-refractivity contribution < 1.29 is 5.11 Å². The second-order valence-corrected chi connectivity index (χ2v) is 5.46. The van der Waals surface area contributed by atoms with Gasteiger partial charge in [-0.1, -0.05) is 59.7 Å². The van der Waals surface area contributed by atoms with Crippen LogP contribution in [0, 0.1) is 13.8 Å². The van der Waals surface area contributed by atoms with Crippen LogP contribution in [0.1, 0.15) is 22.3 Å². The predicted molar refractivity (Wildman–Crippen MR) is 77.1 cm³/mol. The molecule has 2 nitrogen and oxygen atoms in total. The van der Waals surface area contributed by atoms with Crippen LogP contribution in [0.3, 0.4) is 0 Å². The number of hydrogen-bond acceptors (Lipinski definition) is 2. The van der Waals surface area contributed by atoms with Gasteiger partial charge >= 0.3 is 0 Å². The molecule has 1 heterocycles. The summed E-state index contributed by atoms with van der Waals surface area (Å²) in [6.07, 6.45) is 0. The summed E-state index contributed by atoms with van der Waals surface area (Å²) in [5.41, 5.74) is 3.40. The lowest BCUT2D eigenvalue weighted by Crippen LogP contribution is -2.35. The third-order valence-electron chi connectivity index (χ3n) is 3.90. The van der Waals surface area contributed by atoms with Crippen molar-refractivity contribution in [1.82, 2.24) is 5.32 Å². The van der Waals surface area contributed by atoms with Crippen LogP contribution in [0.5, 0.6) is 0 Å². The molecule has 0 saturated carbocycles. The van der Waals surface area contributed by atoms with Gasteiger partial charge in [0, 0.05) is 6.54 Å². The maximum atomic E-state index is 11.2. The van der Waals surface area contributed by atoms with E-state index in [9.17, 15) is 5.11 Å². The highest BCUT2D eigenvalue weighted by atomic mass is 16.3. The van der Waals surface area contributed by atoms with Crippen molar-refractivity contribution in [3.05, 3.63) is 70.8 Å². The van der Waals surface area contributed by atoms with Crippen molar-refractivity contribution in [2.75, 3.05) is 6.54 Å². The van der Waals surface area contributed by atoms with Crippen LogP contribution in [0.2, 0.25) is 0 Å². The Kier molecular flexibility index (Phi) is 2.92. The Morgan fingerprint density at radius 1 is 0.895 bits per heavy atom. The van der Waals surface area contributed by atoms with E-state index in [0.29, 0.717) is 0 Å². The normalized spacial score (nSPS) is 18.4. The summed E-state index contributed by atoms with van der Waals surface area (Å²) >= 11 is 0. The summed E-state index contributed by atoms with van der Waals surface area (Å²) in [6, 6.07) is 16.4. The number of benzene rings is 2. The highest BCUT2D eigenvalue weighted by Gasteiger charge is 2.46. The standard InChI is InChI=1S/C17H19NO/c1-12-3-7-14(8-4-12)17(19,16-11-18-16)15-9-5-13(2)6-10-15/h3-10,16,18-19H,11H2,1-2H3/t16-/m0/s1. The van der Waals surface area contributed by atoms with Crippen LogP contribution in [0.4, 0.5) is 0 Å². The molecule has 2 heteroatoms. The number of aryl methyl sites for hydroxylation is 2. The maximum absolute atomic E-state index is 11.2. The summed E-state index contributed by atoms with van der Waals surface area (Å²) in [7, 11) is 0. The molecule has 1 aliphatic heterocycles. The second-order valence-electron chi connectivity index (χ2n) is 5.46. The summed E-state index contributed by atoms with van der Waals surface area (Å²) < 4.78 is 0. The van der Waals surface area contributed by atoms with Gasteiger partial charge in [-0.15, -0.1) is 0 Å². The van der Waals surface area contributed by atoms with Crippen LogP contribution in [-0.4, -0.2) is 17.7 Å². The lowest BCUT2D eigenvalue weighted by atomic mass is 9.83. The smallest absolute Gasteiger partial charge is 0.131 e. The van der Waals surface area contributed by atoms with Gasteiger partial charge in [0.2, 0.25) is 0 Å². The molecule has 1 fully saturated rings. The van der Waals surface area contributed by atoms with E-state index in [1.165, 1.54) is 11.1 Å². The van der Waals surface area contributed by atoms with Crippen molar-refractivity contribution in [3.63, 3.8) is 0 Å². The monoisotopic (exact) mass is 253 g/mol. The van der Waals surface area contributed by atoms with E-state index in [2.05, 4.69) is 43.4 Å². The lowest BCUT2D eigenvalue weighted by molar-refractivity contribution is 0.0793. The molecule has 0 spiro atoms. The average molecular weight is 253 g/mol. The first-order valence-electron chi connectivity index (χ1n) is 6.71. The first kappa shape index (κ1) is 12.4. The van der Waals surface area contributed by atoms with E-state index >= 15 is 0 Å². The first-order chi connectivity index (χ1) is 9.10. The fraction of sp³-hybridized carbons (Fsp3) is 0.294. The molecule has 0 aliphatic carbocycles. The summed E-state index contributed by atoms with van der Waals surface area (Å²) in [4.78, 5) is 0. The van der Waals surface area contributed by atoms with Gasteiger partial charge in [-0.3, -0.25) is 0 Å². The van der Waals surface area contributed by atoms with Gasteiger partial charge in [-0.2, -0.15) is 0 Å². The minimum Gasteiger partial charge on any atom is -0.379 e. The highest BCUT2D eigenvalue weighted by Crippen LogP contribution is 2.36. The molecule has 2 aromatic rings. The molecule has 0 amide bonds. The Labute approximate surface area is 114 Å². The zero-order valence-electron chi connectivity index (χ0n) is 11.4. The molecule has 0 radical (unpaired) electrons. The zero-order valence-corrected chi connectivity index (χ0v) is 11.4. The molecule has 1 atom stereocenters. The molecule has 0 bridgehead atoms. The van der Waals surface area contributed by atoms with Crippen molar-refractivity contribution in [2.45, 2.75) is 25.5 Å². The average Bonchev–Trinajstić information content (AvgIpc) is 3.24. The third kappa shape index (κ3) is 2.18. The molecule has 2 N–H and O–H groups in total. The molecule has 0 unspecified atom stereocenters. The number of rotatable bonds is 3. The van der Waals surface area contributed by atoms with E-state index in [1.807, 2.05) is 24.3 Å². The largest absolute Gasteiger partial charge is 0.379 e. The van der Waals surface area contributed by atoms with Crippen LogP contribution >= 0.6 is 0 Å². The van der Waals surface area contributed by atoms with E-state index in [1.54, 1.807) is 0 Å². The van der Waals surface area contributed by atoms with Gasteiger partial charge in [-0.25, -0.2) is 0 Å². The van der Waals surface area contributed by atoms with E-state index in [4.69, 9.17) is 0 Å². The van der Waals surface area contributed by atoms with Crippen molar-refractivity contribution in [3.8, 4) is 0 Å². The molecule has 2 aromatic carbocycles. The van der Waals surface area contributed by atoms with E-state index in [-0.39, 0.29) is 6.04 Å². The number of aliphatic hydroxyl groups is 1. The molecule has 0 aromatic heterocycles. The van der Waals surface area contributed by atoms with Crippen LogP contribution in [0.15, 0.2) is 48.5 Å². The third-order valence-corrected chi connectivity index (χ3v) is 3.90. The van der Waals surface area contributed by atoms with Gasteiger partial charge in [0.15, 0.2) is 0 Å². The van der Waals surface area contributed by atoms with Gasteiger partial charge in [-0.05, 0) is 25.0 Å². The molecule has 98 valence electrons. The molecule has 19 heavy (non-hydrogen) atoms. The Balaban J connectivity index is 2.08. The highest BCUT2D eigenvalue weighted by molar-refractivity contribution is 5.41. The molecular formula is C17H19NO. The minimum atomic E-state index is -0.929. The van der Waals surface area contributed by atoms with Crippen molar-refractivity contribution in [1.29, 1.82) is 0 Å². The number of nitrogens with one attached hydrogen (secondary N) is 1. The Bertz CT molecular complexity index is 522. The first-order valence-corrected chi connectivity index (χ1v) is 6.71. The second kappa shape index (κ2) is 4.48. The fourth-order valence-electron chi connectivity index (χ4n) is 2.54. The summed E-state index contributed by atoms with van der Waals surface area (Å²) in [6.45, 7) is 4.98. The van der Waals surface area contributed by atoms with E-state index < -0.39 is 5.60 Å². The molecule has 1 aliphatic rings. The number of hydrogen-bond donors (Lipinski definition) is 2. The molecular weight excluding hydrogens is 234 g/mol. The SMILES string of the molecule is Cc1ccc(C(O)(c2ccc(C)cc2)[C@@H]2CN2)cc1. The summed E-state index contributed by atoms with van der Waals surface area (Å²) in [5.74, 6) is 0. The Hall–Kier alpha value is -1.64. The van der Waals surface area contributed by atoms with Crippen molar-refractivity contribution in [2.24, 2.45) is 0 Å². The van der Waals surface area contributed by atoms with Crippen LogP contribution in [-0.2, 0) is 5.60 Å². The predicted octanol–water partition coefficient (Wildman–Crippen LogP) is 2.51. The van der Waals surface area contributed by atoms with Gasteiger partial charge in [0.25, 0.3) is 0 Å². The summed E-state index contributed by atoms with van der Waals surface area (Å²) in [5, 5.41) is 14.5. The maximum Gasteiger partial charge on any atom is 0.131 e. The van der Waals surface area contributed by atoms with Gasteiger partial charge in [0.05, 0.1) is 6.04 Å². The fourth-order valence-corrected chi connectivity index (χ4v) is 2.54. The van der Waals surface area contributed by atoms with E-state index in [0.717, 1.165) is 17.7 Å². The van der Waals surface area contributed by atoms with Crippen LogP contribution < -0.4 is 5.32 Å². The zero-order chi connectivity index (χ0) is 13.5. The topological polar surface area (TPSA) is 42.2 Å². The van der Waals surface area contributed by atoms with Gasteiger partial charge < -0.3 is 10.4 Å². The Morgan fingerprint density at radius 3 is 1.58 bits per heavy atom. The Morgan fingerprint density at radius 2 is 1.26 bits per heavy atom. The molecule has 3 rings (SSSR count). The van der Waals surface area contributed by atoms with Crippen LogP contribution in [0.25, 0.3) is 0 Å². The minimum absolute atomic E-state index is 0.109. The van der Waals surface area contributed by atoms with Crippen molar-refractivity contribution >= 4 is 0 Å². The van der Waals surface area contributed by atoms with Gasteiger partial charge in [0.1, 0.15) is 5.60 Å².